The largest absolute Gasteiger partial charge is 0.344 e. The molecule has 1 heterocycles. The van der Waals surface area contributed by atoms with Crippen LogP contribution in [-0.2, 0) is 6.54 Å². The summed E-state index contributed by atoms with van der Waals surface area (Å²) >= 11 is 0. The van der Waals surface area contributed by atoms with Gasteiger partial charge in [0, 0.05) is 38.4 Å². The Morgan fingerprint density at radius 1 is 1.07 bits per heavy atom. The van der Waals surface area contributed by atoms with E-state index in [0.29, 0.717) is 42.4 Å². The second-order valence-corrected chi connectivity index (χ2v) is 7.23. The van der Waals surface area contributed by atoms with E-state index in [1.807, 2.05) is 50.9 Å². The summed E-state index contributed by atoms with van der Waals surface area (Å²) in [5.41, 5.74) is 3.08. The number of anilines is 1. The van der Waals surface area contributed by atoms with Gasteiger partial charge in [0.25, 0.3) is 5.91 Å². The number of carbonyl (C=O) groups is 1. The van der Waals surface area contributed by atoms with Crippen LogP contribution in [-0.4, -0.2) is 40.9 Å². The first-order valence-electron chi connectivity index (χ1n) is 10.1. The van der Waals surface area contributed by atoms with Gasteiger partial charge in [-0.1, -0.05) is 42.0 Å². The van der Waals surface area contributed by atoms with Crippen LogP contribution in [0.2, 0.25) is 0 Å². The highest BCUT2D eigenvalue weighted by molar-refractivity contribution is 5.99. The molecule has 30 heavy (non-hydrogen) atoms. The first kappa shape index (κ1) is 21.4. The van der Waals surface area contributed by atoms with E-state index < -0.39 is 5.82 Å². The van der Waals surface area contributed by atoms with Crippen molar-refractivity contribution in [2.45, 2.75) is 27.3 Å². The fourth-order valence-corrected chi connectivity index (χ4v) is 3.24. The van der Waals surface area contributed by atoms with Crippen molar-refractivity contribution < 1.29 is 9.18 Å². The molecule has 0 saturated heterocycles. The quantitative estimate of drug-likeness (QED) is 0.570. The molecule has 0 unspecified atom stereocenters. The van der Waals surface area contributed by atoms with Crippen LogP contribution in [0, 0.1) is 12.7 Å². The van der Waals surface area contributed by atoms with Crippen LogP contribution in [0.5, 0.6) is 0 Å². The number of rotatable bonds is 7. The van der Waals surface area contributed by atoms with Gasteiger partial charge in [0.15, 0.2) is 0 Å². The highest BCUT2D eigenvalue weighted by Gasteiger charge is 2.23. The van der Waals surface area contributed by atoms with Crippen LogP contribution in [0.1, 0.15) is 35.3 Å². The molecule has 3 rings (SSSR count). The van der Waals surface area contributed by atoms with Crippen LogP contribution in [0.25, 0.3) is 11.3 Å². The maximum Gasteiger partial charge on any atom is 0.257 e. The predicted octanol–water partition coefficient (Wildman–Crippen LogP) is 4.71. The summed E-state index contributed by atoms with van der Waals surface area (Å²) in [5, 5.41) is 0. The van der Waals surface area contributed by atoms with E-state index in [4.69, 9.17) is 0 Å². The maximum absolute atomic E-state index is 14.6. The standard InChI is InChI=1S/C24H27FN4O/c1-5-28(4)24-26-15-20(22(27-24)19-12-7-8-13-21(19)25)23(30)29(6-2)16-18-11-9-10-17(3)14-18/h7-15H,5-6,16H2,1-4H3. The van der Waals surface area contributed by atoms with Gasteiger partial charge in [-0.2, -0.15) is 0 Å². The lowest BCUT2D eigenvalue weighted by Crippen LogP contribution is -2.31. The van der Waals surface area contributed by atoms with Crippen molar-refractivity contribution in [3.63, 3.8) is 0 Å². The molecule has 3 aromatic rings. The third-order valence-corrected chi connectivity index (χ3v) is 5.08. The van der Waals surface area contributed by atoms with Crippen molar-refractivity contribution in [1.29, 1.82) is 0 Å². The lowest BCUT2D eigenvalue weighted by atomic mass is 10.0. The predicted molar refractivity (Wildman–Crippen MR) is 118 cm³/mol. The molecule has 1 aromatic heterocycles. The molecule has 0 aliphatic heterocycles. The molecular weight excluding hydrogens is 379 g/mol. The zero-order valence-corrected chi connectivity index (χ0v) is 17.9. The monoisotopic (exact) mass is 406 g/mol. The minimum atomic E-state index is -0.419. The molecule has 0 spiro atoms. The van der Waals surface area contributed by atoms with E-state index in [-0.39, 0.29) is 5.91 Å². The van der Waals surface area contributed by atoms with Crippen LogP contribution < -0.4 is 4.90 Å². The minimum Gasteiger partial charge on any atom is -0.344 e. The summed E-state index contributed by atoms with van der Waals surface area (Å²) in [6.07, 6.45) is 1.51. The van der Waals surface area contributed by atoms with Crippen LogP contribution >= 0.6 is 0 Å². The maximum atomic E-state index is 14.6. The Morgan fingerprint density at radius 2 is 1.83 bits per heavy atom. The molecule has 0 aliphatic carbocycles. The summed E-state index contributed by atoms with van der Waals surface area (Å²) < 4.78 is 14.6. The number of amides is 1. The number of carbonyl (C=O) groups excluding carboxylic acids is 1. The summed E-state index contributed by atoms with van der Waals surface area (Å²) in [4.78, 5) is 25.9. The summed E-state index contributed by atoms with van der Waals surface area (Å²) in [7, 11) is 1.86. The normalized spacial score (nSPS) is 10.7. The molecule has 2 aromatic carbocycles. The highest BCUT2D eigenvalue weighted by atomic mass is 19.1. The Labute approximate surface area is 177 Å². The molecule has 0 saturated carbocycles. The van der Waals surface area contributed by atoms with Gasteiger partial charge in [-0.15, -0.1) is 0 Å². The number of aryl methyl sites for hydroxylation is 1. The number of hydrogen-bond acceptors (Lipinski definition) is 4. The van der Waals surface area contributed by atoms with Crippen LogP contribution in [0.3, 0.4) is 0 Å². The smallest absolute Gasteiger partial charge is 0.257 e. The molecule has 1 amide bonds. The molecule has 5 nitrogen and oxygen atoms in total. The van der Waals surface area contributed by atoms with Gasteiger partial charge < -0.3 is 9.80 Å². The number of halogens is 1. The van der Waals surface area contributed by atoms with Gasteiger partial charge in [0.1, 0.15) is 5.82 Å². The molecule has 0 aliphatic rings. The van der Waals surface area contributed by atoms with Gasteiger partial charge in [-0.3, -0.25) is 4.79 Å². The number of aromatic nitrogens is 2. The number of hydrogen-bond donors (Lipinski definition) is 0. The fraction of sp³-hybridized carbons (Fsp3) is 0.292. The molecule has 0 bridgehead atoms. The number of nitrogens with zero attached hydrogens (tertiary/aromatic N) is 4. The van der Waals surface area contributed by atoms with Crippen molar-refractivity contribution in [1.82, 2.24) is 14.9 Å². The average molecular weight is 407 g/mol. The van der Waals surface area contributed by atoms with Gasteiger partial charge in [-0.05, 0) is 38.5 Å². The van der Waals surface area contributed by atoms with E-state index in [1.54, 1.807) is 23.1 Å². The van der Waals surface area contributed by atoms with E-state index >= 15 is 0 Å². The Morgan fingerprint density at radius 3 is 2.50 bits per heavy atom. The first-order chi connectivity index (χ1) is 14.4. The molecule has 0 fully saturated rings. The molecule has 0 N–H and O–H groups in total. The van der Waals surface area contributed by atoms with E-state index in [9.17, 15) is 9.18 Å². The second-order valence-electron chi connectivity index (χ2n) is 7.23. The average Bonchev–Trinajstić information content (AvgIpc) is 2.76. The van der Waals surface area contributed by atoms with Crippen molar-refractivity contribution in [3.05, 3.63) is 77.2 Å². The zero-order valence-electron chi connectivity index (χ0n) is 17.9. The first-order valence-corrected chi connectivity index (χ1v) is 10.1. The van der Waals surface area contributed by atoms with Crippen molar-refractivity contribution in [2.75, 3.05) is 25.0 Å². The molecule has 0 radical (unpaired) electrons. The molecule has 0 atom stereocenters. The second kappa shape index (κ2) is 9.48. The minimum absolute atomic E-state index is 0.219. The molecule has 156 valence electrons. The Bertz CT molecular complexity index is 1040. The van der Waals surface area contributed by atoms with Gasteiger partial charge >= 0.3 is 0 Å². The Kier molecular flexibility index (Phi) is 6.77. The summed E-state index contributed by atoms with van der Waals surface area (Å²) in [6, 6.07) is 14.4. The van der Waals surface area contributed by atoms with Gasteiger partial charge in [0.05, 0.1) is 11.3 Å². The summed E-state index contributed by atoms with van der Waals surface area (Å²) in [6.45, 7) is 7.60. The number of benzene rings is 2. The van der Waals surface area contributed by atoms with Crippen molar-refractivity contribution >= 4 is 11.9 Å². The topological polar surface area (TPSA) is 49.3 Å². The molecule has 6 heteroatoms. The van der Waals surface area contributed by atoms with Gasteiger partial charge in [-0.25, -0.2) is 14.4 Å². The Balaban J connectivity index is 2.04. The van der Waals surface area contributed by atoms with E-state index in [0.717, 1.165) is 11.1 Å². The fourth-order valence-electron chi connectivity index (χ4n) is 3.24. The third kappa shape index (κ3) is 4.64. The lowest BCUT2D eigenvalue weighted by molar-refractivity contribution is 0.0752. The van der Waals surface area contributed by atoms with Crippen LogP contribution in [0.15, 0.2) is 54.7 Å². The summed E-state index contributed by atoms with van der Waals surface area (Å²) in [5.74, 6) is -0.186. The van der Waals surface area contributed by atoms with Gasteiger partial charge in [0.2, 0.25) is 5.95 Å². The Hall–Kier alpha value is -3.28. The SMILES string of the molecule is CCN(Cc1cccc(C)c1)C(=O)c1cnc(N(C)CC)nc1-c1ccccc1F. The lowest BCUT2D eigenvalue weighted by Gasteiger charge is -2.23. The van der Waals surface area contributed by atoms with Crippen LogP contribution in [0.4, 0.5) is 10.3 Å². The highest BCUT2D eigenvalue weighted by Crippen LogP contribution is 2.27. The third-order valence-electron chi connectivity index (χ3n) is 5.08. The van der Waals surface area contributed by atoms with E-state index in [2.05, 4.69) is 16.0 Å². The molecular formula is C24H27FN4O. The van der Waals surface area contributed by atoms with E-state index in [1.165, 1.54) is 12.3 Å². The zero-order chi connectivity index (χ0) is 21.7. The van der Waals surface area contributed by atoms with Crippen molar-refractivity contribution in [3.8, 4) is 11.3 Å². The van der Waals surface area contributed by atoms with Crippen molar-refractivity contribution in [2.24, 2.45) is 0 Å².